The van der Waals surface area contributed by atoms with Gasteiger partial charge >= 0.3 is 0 Å². The molecular weight excluding hydrogens is 310 g/mol. The summed E-state index contributed by atoms with van der Waals surface area (Å²) in [6, 6.07) is 4.53. The van der Waals surface area contributed by atoms with E-state index in [0.29, 0.717) is 10.3 Å². The normalized spacial score (nSPS) is 13.0. The van der Waals surface area contributed by atoms with Crippen LogP contribution in [0.1, 0.15) is 28.3 Å². The van der Waals surface area contributed by atoms with E-state index in [-0.39, 0.29) is 11.6 Å². The highest BCUT2D eigenvalue weighted by atomic mass is 32.1. The Morgan fingerprint density at radius 1 is 1.29 bits per heavy atom. The number of imidazole rings is 1. The smallest absolute Gasteiger partial charge is 0.184 e. The van der Waals surface area contributed by atoms with Gasteiger partial charge in [0.2, 0.25) is 0 Å². The molecule has 0 saturated carbocycles. The van der Waals surface area contributed by atoms with Gasteiger partial charge in [-0.2, -0.15) is 0 Å². The molecule has 0 saturated heterocycles. The molecule has 0 amide bonds. The van der Waals surface area contributed by atoms with E-state index in [1.54, 1.807) is 15.9 Å². The Bertz CT molecular complexity index is 889. The number of aryl methyl sites for hydroxylation is 2. The zero-order chi connectivity index (χ0) is 15.3. The van der Waals surface area contributed by atoms with Crippen molar-refractivity contribution in [1.82, 2.24) is 9.55 Å². The molecule has 1 atom stereocenters. The third kappa shape index (κ3) is 2.22. The number of nitrogens with zero attached hydrogens (tertiary/aromatic N) is 1. The predicted octanol–water partition coefficient (Wildman–Crippen LogP) is 5.26. The van der Waals surface area contributed by atoms with E-state index in [2.05, 4.69) is 11.1 Å². The molecule has 2 aromatic heterocycles. The van der Waals surface area contributed by atoms with Crippen LogP contribution in [0.3, 0.4) is 0 Å². The van der Waals surface area contributed by atoms with Crippen LogP contribution in [0, 0.1) is 30.3 Å². The molecule has 6 heteroatoms. The van der Waals surface area contributed by atoms with E-state index in [4.69, 9.17) is 12.2 Å². The lowest BCUT2D eigenvalue weighted by Crippen LogP contribution is -2.08. The second-order valence-corrected chi connectivity index (χ2v) is 6.95. The van der Waals surface area contributed by atoms with Crippen molar-refractivity contribution in [3.63, 3.8) is 0 Å². The van der Waals surface area contributed by atoms with Gasteiger partial charge in [0.1, 0.15) is 5.52 Å². The van der Waals surface area contributed by atoms with Crippen LogP contribution in [0.4, 0.5) is 8.78 Å². The van der Waals surface area contributed by atoms with E-state index in [1.165, 1.54) is 10.9 Å². The van der Waals surface area contributed by atoms with Crippen molar-refractivity contribution in [2.45, 2.75) is 26.8 Å². The second-order valence-electron chi connectivity index (χ2n) is 5.10. The Morgan fingerprint density at radius 2 is 2.00 bits per heavy atom. The number of benzene rings is 1. The molecule has 21 heavy (non-hydrogen) atoms. The largest absolute Gasteiger partial charge is 0.330 e. The summed E-state index contributed by atoms with van der Waals surface area (Å²) in [6.45, 7) is 6.00. The quantitative estimate of drug-likeness (QED) is 0.637. The van der Waals surface area contributed by atoms with Crippen LogP contribution >= 0.6 is 23.6 Å². The molecule has 0 aliphatic rings. The lowest BCUT2D eigenvalue weighted by molar-refractivity contribution is 0.508. The SMILES string of the molecule is Cc1cc(C(C)n2c(=S)[nH]c3ccc(F)c(F)c32)c(C)s1. The summed E-state index contributed by atoms with van der Waals surface area (Å²) in [5, 5.41) is 0. The third-order valence-corrected chi connectivity index (χ3v) is 4.97. The molecule has 1 N–H and O–H groups in total. The third-order valence-electron chi connectivity index (χ3n) is 3.69. The summed E-state index contributed by atoms with van der Waals surface area (Å²) in [4.78, 5) is 5.29. The van der Waals surface area contributed by atoms with Gasteiger partial charge in [0.15, 0.2) is 16.4 Å². The zero-order valence-corrected chi connectivity index (χ0v) is 13.5. The van der Waals surface area contributed by atoms with Crippen molar-refractivity contribution in [3.05, 3.63) is 49.9 Å². The van der Waals surface area contributed by atoms with Crippen LogP contribution < -0.4 is 0 Å². The van der Waals surface area contributed by atoms with Gasteiger partial charge in [-0.05, 0) is 56.8 Å². The van der Waals surface area contributed by atoms with Crippen LogP contribution in [0.25, 0.3) is 11.0 Å². The van der Waals surface area contributed by atoms with Gasteiger partial charge in [-0.1, -0.05) is 0 Å². The van der Waals surface area contributed by atoms with Gasteiger partial charge in [-0.15, -0.1) is 11.3 Å². The molecule has 2 nitrogen and oxygen atoms in total. The molecule has 3 aromatic rings. The minimum absolute atomic E-state index is 0.160. The molecule has 0 bridgehead atoms. The number of halogens is 2. The Hall–Kier alpha value is -1.53. The maximum Gasteiger partial charge on any atom is 0.184 e. The van der Waals surface area contributed by atoms with Crippen LogP contribution in [-0.2, 0) is 0 Å². The number of fused-ring (bicyclic) bond motifs is 1. The molecular formula is C15H14F2N2S2. The van der Waals surface area contributed by atoms with Crippen molar-refractivity contribution in [2.75, 3.05) is 0 Å². The standard InChI is InChI=1S/C15H14F2N2S2/c1-7-6-10(9(3)21-7)8(2)19-14-12(18-15(19)20)5-4-11(16)13(14)17/h4-6,8H,1-3H3,(H,18,20). The fraction of sp³-hybridized carbons (Fsp3) is 0.267. The molecule has 1 unspecified atom stereocenters. The summed E-state index contributed by atoms with van der Waals surface area (Å²) >= 11 is 6.99. The minimum atomic E-state index is -0.865. The van der Waals surface area contributed by atoms with Crippen molar-refractivity contribution < 1.29 is 8.78 Å². The van der Waals surface area contributed by atoms with Gasteiger partial charge < -0.3 is 9.55 Å². The van der Waals surface area contributed by atoms with Crippen molar-refractivity contribution in [2.24, 2.45) is 0 Å². The monoisotopic (exact) mass is 324 g/mol. The van der Waals surface area contributed by atoms with Crippen LogP contribution in [0.2, 0.25) is 0 Å². The molecule has 110 valence electrons. The lowest BCUT2D eigenvalue weighted by atomic mass is 10.1. The minimum Gasteiger partial charge on any atom is -0.330 e. The number of aromatic amines is 1. The summed E-state index contributed by atoms with van der Waals surface area (Å²) in [5.74, 6) is -1.73. The van der Waals surface area contributed by atoms with Gasteiger partial charge in [0.25, 0.3) is 0 Å². The van der Waals surface area contributed by atoms with E-state index in [0.717, 1.165) is 16.5 Å². The molecule has 1 aromatic carbocycles. The van der Waals surface area contributed by atoms with Gasteiger partial charge in [0, 0.05) is 9.75 Å². The molecule has 0 fully saturated rings. The Morgan fingerprint density at radius 3 is 2.62 bits per heavy atom. The number of thiophene rings is 1. The first-order valence-electron chi connectivity index (χ1n) is 6.55. The topological polar surface area (TPSA) is 20.7 Å². The van der Waals surface area contributed by atoms with Gasteiger partial charge in [-0.3, -0.25) is 0 Å². The van der Waals surface area contributed by atoms with Gasteiger partial charge in [-0.25, -0.2) is 8.78 Å². The first-order chi connectivity index (χ1) is 9.90. The molecule has 0 aliphatic carbocycles. The molecule has 0 spiro atoms. The van der Waals surface area contributed by atoms with Crippen molar-refractivity contribution >= 4 is 34.6 Å². The van der Waals surface area contributed by atoms with E-state index >= 15 is 0 Å². The van der Waals surface area contributed by atoms with E-state index in [9.17, 15) is 8.78 Å². The first kappa shape index (κ1) is 14.4. The molecule has 0 radical (unpaired) electrons. The Labute approximate surface area is 130 Å². The van der Waals surface area contributed by atoms with Crippen molar-refractivity contribution in [3.8, 4) is 0 Å². The number of nitrogens with one attached hydrogen (secondary N) is 1. The highest BCUT2D eigenvalue weighted by Gasteiger charge is 2.20. The molecule has 0 aliphatic heterocycles. The lowest BCUT2D eigenvalue weighted by Gasteiger charge is -2.15. The average molecular weight is 324 g/mol. The van der Waals surface area contributed by atoms with E-state index in [1.807, 2.05) is 20.8 Å². The summed E-state index contributed by atoms with van der Waals surface area (Å²) in [5.41, 5.74) is 1.78. The van der Waals surface area contributed by atoms with Crippen molar-refractivity contribution in [1.29, 1.82) is 0 Å². The molecule has 2 heterocycles. The first-order valence-corrected chi connectivity index (χ1v) is 7.77. The molecule has 3 rings (SSSR count). The fourth-order valence-electron chi connectivity index (χ4n) is 2.73. The zero-order valence-electron chi connectivity index (χ0n) is 11.8. The number of rotatable bonds is 2. The number of hydrogen-bond donors (Lipinski definition) is 1. The number of H-pyrrole nitrogens is 1. The number of hydrogen-bond acceptors (Lipinski definition) is 2. The highest BCUT2D eigenvalue weighted by molar-refractivity contribution is 7.71. The second kappa shape index (κ2) is 5.03. The van der Waals surface area contributed by atoms with Gasteiger partial charge in [0.05, 0.1) is 11.6 Å². The predicted molar refractivity (Wildman–Crippen MR) is 84.6 cm³/mol. The number of aromatic nitrogens is 2. The highest BCUT2D eigenvalue weighted by Crippen LogP contribution is 2.32. The van der Waals surface area contributed by atoms with Crippen LogP contribution in [0.15, 0.2) is 18.2 Å². The summed E-state index contributed by atoms with van der Waals surface area (Å²) in [7, 11) is 0. The van der Waals surface area contributed by atoms with Crippen LogP contribution in [-0.4, -0.2) is 9.55 Å². The average Bonchev–Trinajstić information content (AvgIpc) is 2.93. The summed E-state index contributed by atoms with van der Waals surface area (Å²) < 4.78 is 29.8. The maximum atomic E-state index is 14.2. The fourth-order valence-corrected chi connectivity index (χ4v) is 4.10. The summed E-state index contributed by atoms with van der Waals surface area (Å²) in [6.07, 6.45) is 0. The van der Waals surface area contributed by atoms with Crippen LogP contribution in [0.5, 0.6) is 0 Å². The van der Waals surface area contributed by atoms with E-state index < -0.39 is 11.6 Å². The maximum absolute atomic E-state index is 14.2. The Balaban J connectivity index is 2.29. The Kier molecular flexibility index (Phi) is 3.45.